The molecule has 1 aliphatic rings. The minimum Gasteiger partial charge on any atom is -0.371 e. The molecule has 180 valence electrons. The van der Waals surface area contributed by atoms with Gasteiger partial charge in [0.05, 0.1) is 10.6 Å². The number of nitrogens with zero attached hydrogens (tertiary/aromatic N) is 2. The first-order valence-electron chi connectivity index (χ1n) is 11.9. The van der Waals surface area contributed by atoms with Crippen LogP contribution in [0, 0.1) is 0 Å². The lowest BCUT2D eigenvalue weighted by Gasteiger charge is -2.34. The quantitative estimate of drug-likeness (QED) is 0.596. The lowest BCUT2D eigenvalue weighted by atomic mass is 10.0. The van der Waals surface area contributed by atoms with Crippen LogP contribution in [0.1, 0.15) is 56.5 Å². The van der Waals surface area contributed by atoms with Gasteiger partial charge in [-0.15, -0.1) is 0 Å². The van der Waals surface area contributed by atoms with Crippen molar-refractivity contribution in [3.05, 3.63) is 59.7 Å². The number of rotatable bonds is 9. The molecule has 6 nitrogen and oxygen atoms in total. The van der Waals surface area contributed by atoms with Crippen LogP contribution in [0.15, 0.2) is 53.4 Å². The van der Waals surface area contributed by atoms with Crippen molar-refractivity contribution in [2.24, 2.45) is 0 Å². The molecule has 0 spiro atoms. The van der Waals surface area contributed by atoms with Gasteiger partial charge in [0, 0.05) is 43.0 Å². The van der Waals surface area contributed by atoms with E-state index in [4.69, 9.17) is 0 Å². The molecule has 1 fully saturated rings. The number of carbonyl (C=O) groups excluding carboxylic acids is 1. The van der Waals surface area contributed by atoms with Gasteiger partial charge < -0.3 is 10.2 Å². The number of hydrogen-bond acceptors (Lipinski definition) is 5. The van der Waals surface area contributed by atoms with Crippen molar-refractivity contribution >= 4 is 21.4 Å². The van der Waals surface area contributed by atoms with Crippen LogP contribution in [0.5, 0.6) is 0 Å². The Labute approximate surface area is 198 Å². The largest absolute Gasteiger partial charge is 0.371 e. The second-order valence-electron chi connectivity index (χ2n) is 8.99. The summed E-state index contributed by atoms with van der Waals surface area (Å²) in [5.74, 6) is 0.0836. The number of hydrogen-bond donors (Lipinski definition) is 1. The molecule has 0 radical (unpaired) electrons. The second kappa shape index (κ2) is 11.2. The van der Waals surface area contributed by atoms with Crippen molar-refractivity contribution in [1.82, 2.24) is 10.2 Å². The van der Waals surface area contributed by atoms with Gasteiger partial charge in [0.15, 0.2) is 9.84 Å². The molecule has 2 aromatic carbocycles. The van der Waals surface area contributed by atoms with Gasteiger partial charge in [-0.3, -0.25) is 9.69 Å². The van der Waals surface area contributed by atoms with E-state index in [2.05, 4.69) is 35.9 Å². The van der Waals surface area contributed by atoms with Crippen molar-refractivity contribution in [3.63, 3.8) is 0 Å². The zero-order valence-electron chi connectivity index (χ0n) is 20.3. The summed E-state index contributed by atoms with van der Waals surface area (Å²) in [4.78, 5) is 17.7. The molecule has 0 aliphatic carbocycles. The lowest BCUT2D eigenvalue weighted by molar-refractivity contribution is 0.0931. The number of amides is 1. The molecule has 1 N–H and O–H groups in total. The minimum absolute atomic E-state index is 0.0228. The van der Waals surface area contributed by atoms with E-state index < -0.39 is 9.84 Å². The van der Waals surface area contributed by atoms with Crippen LogP contribution in [0.2, 0.25) is 0 Å². The molecule has 0 atom stereocenters. The standard InChI is InChI=1S/C26H37N3O3S/c1-5-28(20(3)4)19-21-7-9-22(10-8-21)26(30)27-23-15-17-29(18-16-23)24-11-13-25(14-12-24)33(31,32)6-2/h7-14,20,23H,5-6,15-19H2,1-4H3,(H,27,30). The number of piperidine rings is 1. The summed E-state index contributed by atoms with van der Waals surface area (Å²) in [5.41, 5.74) is 2.93. The number of carbonyl (C=O) groups is 1. The second-order valence-corrected chi connectivity index (χ2v) is 11.3. The van der Waals surface area contributed by atoms with Gasteiger partial charge in [-0.1, -0.05) is 26.0 Å². The summed E-state index contributed by atoms with van der Waals surface area (Å²) >= 11 is 0. The number of benzene rings is 2. The van der Waals surface area contributed by atoms with Gasteiger partial charge in [-0.2, -0.15) is 0 Å². The summed E-state index contributed by atoms with van der Waals surface area (Å²) in [7, 11) is -3.18. The van der Waals surface area contributed by atoms with E-state index in [1.807, 2.05) is 36.4 Å². The normalized spacial score (nSPS) is 15.3. The Balaban J connectivity index is 1.51. The summed E-state index contributed by atoms with van der Waals surface area (Å²) in [5, 5.41) is 3.18. The predicted octanol–water partition coefficient (Wildman–Crippen LogP) is 4.11. The van der Waals surface area contributed by atoms with Gasteiger partial charge in [0.1, 0.15) is 0 Å². The van der Waals surface area contributed by atoms with Crippen LogP contribution >= 0.6 is 0 Å². The third kappa shape index (κ3) is 6.58. The van der Waals surface area contributed by atoms with Gasteiger partial charge in [-0.05, 0) is 75.2 Å². The third-order valence-corrected chi connectivity index (χ3v) is 8.26. The van der Waals surface area contributed by atoms with Crippen molar-refractivity contribution in [2.75, 3.05) is 30.3 Å². The van der Waals surface area contributed by atoms with Crippen LogP contribution in [0.25, 0.3) is 0 Å². The van der Waals surface area contributed by atoms with Crippen molar-refractivity contribution in [2.45, 2.75) is 64.1 Å². The topological polar surface area (TPSA) is 69.7 Å². The lowest BCUT2D eigenvalue weighted by Crippen LogP contribution is -2.44. The summed E-state index contributed by atoms with van der Waals surface area (Å²) in [6.45, 7) is 11.8. The molecule has 1 heterocycles. The highest BCUT2D eigenvalue weighted by Gasteiger charge is 2.22. The zero-order chi connectivity index (χ0) is 24.0. The maximum absolute atomic E-state index is 12.7. The van der Waals surface area contributed by atoms with E-state index in [9.17, 15) is 13.2 Å². The maximum atomic E-state index is 12.7. The first-order valence-corrected chi connectivity index (χ1v) is 13.6. The SMILES string of the molecule is CCN(Cc1ccc(C(=O)NC2CCN(c3ccc(S(=O)(=O)CC)cc3)CC2)cc1)C(C)C. The predicted molar refractivity (Wildman–Crippen MR) is 135 cm³/mol. The first-order chi connectivity index (χ1) is 15.7. The van der Waals surface area contributed by atoms with Crippen LogP contribution in [0.3, 0.4) is 0 Å². The molecule has 0 unspecified atom stereocenters. The molecule has 33 heavy (non-hydrogen) atoms. The Morgan fingerprint density at radius 3 is 2.15 bits per heavy atom. The van der Waals surface area contributed by atoms with Gasteiger partial charge in [-0.25, -0.2) is 8.42 Å². The molecule has 0 bridgehead atoms. The Hall–Kier alpha value is -2.38. The summed E-state index contributed by atoms with van der Waals surface area (Å²) in [6.07, 6.45) is 1.72. The van der Waals surface area contributed by atoms with Crippen LogP contribution in [-0.4, -0.2) is 56.7 Å². The molecular weight excluding hydrogens is 434 g/mol. The molecule has 1 amide bonds. The first kappa shape index (κ1) is 25.2. The average Bonchev–Trinajstić information content (AvgIpc) is 2.83. The maximum Gasteiger partial charge on any atom is 0.251 e. The molecule has 2 aromatic rings. The Kier molecular flexibility index (Phi) is 8.54. The number of sulfone groups is 1. The highest BCUT2D eigenvalue weighted by Crippen LogP contribution is 2.23. The van der Waals surface area contributed by atoms with E-state index in [0.717, 1.165) is 44.7 Å². The molecule has 1 aliphatic heterocycles. The van der Waals surface area contributed by atoms with Crippen molar-refractivity contribution in [1.29, 1.82) is 0 Å². The number of anilines is 1. The molecule has 3 rings (SSSR count). The Morgan fingerprint density at radius 1 is 1.03 bits per heavy atom. The van der Waals surface area contributed by atoms with Crippen molar-refractivity contribution in [3.8, 4) is 0 Å². The fourth-order valence-corrected chi connectivity index (χ4v) is 5.12. The molecule has 1 saturated heterocycles. The monoisotopic (exact) mass is 471 g/mol. The third-order valence-electron chi connectivity index (χ3n) is 6.51. The van der Waals surface area contributed by atoms with Crippen LogP contribution in [-0.2, 0) is 16.4 Å². The van der Waals surface area contributed by atoms with E-state index in [-0.39, 0.29) is 17.7 Å². The van der Waals surface area contributed by atoms with E-state index >= 15 is 0 Å². The highest BCUT2D eigenvalue weighted by atomic mass is 32.2. The average molecular weight is 472 g/mol. The highest BCUT2D eigenvalue weighted by molar-refractivity contribution is 7.91. The Morgan fingerprint density at radius 2 is 1.64 bits per heavy atom. The van der Waals surface area contributed by atoms with E-state index in [0.29, 0.717) is 16.5 Å². The van der Waals surface area contributed by atoms with Crippen molar-refractivity contribution < 1.29 is 13.2 Å². The van der Waals surface area contributed by atoms with Gasteiger partial charge in [0.2, 0.25) is 0 Å². The summed E-state index contributed by atoms with van der Waals surface area (Å²) in [6, 6.07) is 15.7. The minimum atomic E-state index is -3.18. The Bertz CT molecular complexity index is 1010. The van der Waals surface area contributed by atoms with E-state index in [1.54, 1.807) is 19.1 Å². The van der Waals surface area contributed by atoms with Gasteiger partial charge in [0.25, 0.3) is 5.91 Å². The molecular formula is C26H37N3O3S. The molecule has 0 aromatic heterocycles. The zero-order valence-corrected chi connectivity index (χ0v) is 21.1. The smallest absolute Gasteiger partial charge is 0.251 e. The molecule has 0 saturated carbocycles. The van der Waals surface area contributed by atoms with Crippen LogP contribution in [0.4, 0.5) is 5.69 Å². The summed E-state index contributed by atoms with van der Waals surface area (Å²) < 4.78 is 24.0. The number of nitrogens with one attached hydrogen (secondary N) is 1. The van der Waals surface area contributed by atoms with E-state index in [1.165, 1.54) is 5.56 Å². The fourth-order valence-electron chi connectivity index (χ4n) is 4.24. The fraction of sp³-hybridized carbons (Fsp3) is 0.500. The van der Waals surface area contributed by atoms with Crippen LogP contribution < -0.4 is 10.2 Å². The molecule has 7 heteroatoms. The van der Waals surface area contributed by atoms with Gasteiger partial charge >= 0.3 is 0 Å².